The molecule has 0 bridgehead atoms. The molecule has 2 aromatic rings. The number of anilines is 1. The highest BCUT2D eigenvalue weighted by atomic mass is 16.5. The molecule has 138 valence electrons. The Morgan fingerprint density at radius 1 is 0.962 bits per heavy atom. The first-order chi connectivity index (χ1) is 12.7. The van der Waals surface area contributed by atoms with E-state index in [0.29, 0.717) is 30.4 Å². The number of rotatable bonds is 9. The maximum atomic E-state index is 12.1. The number of carbonyl (C=O) groups excluding carboxylic acids is 1. The third-order valence-corrected chi connectivity index (χ3v) is 3.53. The van der Waals surface area contributed by atoms with E-state index in [1.54, 1.807) is 57.7 Å². The SMILES string of the molecule is COCCOc1ccc(NC(=O)/C=C/c2ccc(OC)cc2OC)cc1. The van der Waals surface area contributed by atoms with Gasteiger partial charge in [-0.3, -0.25) is 4.79 Å². The van der Waals surface area contributed by atoms with Crippen LogP contribution in [0.5, 0.6) is 17.2 Å². The van der Waals surface area contributed by atoms with E-state index in [2.05, 4.69) is 5.32 Å². The average molecular weight is 357 g/mol. The lowest BCUT2D eigenvalue weighted by atomic mass is 10.1. The molecule has 0 radical (unpaired) electrons. The Bertz CT molecular complexity index is 740. The number of methoxy groups -OCH3 is 3. The molecule has 0 spiro atoms. The summed E-state index contributed by atoms with van der Waals surface area (Å²) in [6.45, 7) is 1.01. The second-order valence-electron chi connectivity index (χ2n) is 5.30. The van der Waals surface area contributed by atoms with Gasteiger partial charge in [-0.05, 0) is 42.5 Å². The zero-order chi connectivity index (χ0) is 18.8. The van der Waals surface area contributed by atoms with Crippen LogP contribution in [0.25, 0.3) is 6.08 Å². The lowest BCUT2D eigenvalue weighted by Gasteiger charge is -2.08. The lowest BCUT2D eigenvalue weighted by Crippen LogP contribution is -2.08. The van der Waals surface area contributed by atoms with Crippen molar-refractivity contribution in [1.82, 2.24) is 0 Å². The Hall–Kier alpha value is -2.99. The number of nitrogens with one attached hydrogen (secondary N) is 1. The minimum atomic E-state index is -0.240. The van der Waals surface area contributed by atoms with E-state index >= 15 is 0 Å². The van der Waals surface area contributed by atoms with Crippen molar-refractivity contribution in [2.75, 3.05) is 39.9 Å². The van der Waals surface area contributed by atoms with E-state index in [0.717, 1.165) is 11.3 Å². The van der Waals surface area contributed by atoms with Gasteiger partial charge >= 0.3 is 0 Å². The first-order valence-electron chi connectivity index (χ1n) is 8.09. The van der Waals surface area contributed by atoms with Gasteiger partial charge in [0.05, 0.1) is 20.8 Å². The molecular weight excluding hydrogens is 334 g/mol. The number of benzene rings is 2. The number of amides is 1. The summed E-state index contributed by atoms with van der Waals surface area (Å²) < 4.78 is 20.9. The number of carbonyl (C=O) groups is 1. The van der Waals surface area contributed by atoms with Gasteiger partial charge in [-0.1, -0.05) is 0 Å². The molecular formula is C20H23NO5. The van der Waals surface area contributed by atoms with Gasteiger partial charge in [0.2, 0.25) is 5.91 Å². The molecule has 2 rings (SSSR count). The highest BCUT2D eigenvalue weighted by Crippen LogP contribution is 2.25. The fourth-order valence-electron chi connectivity index (χ4n) is 2.18. The van der Waals surface area contributed by atoms with E-state index in [-0.39, 0.29) is 5.91 Å². The van der Waals surface area contributed by atoms with Gasteiger partial charge in [-0.25, -0.2) is 0 Å². The molecule has 0 aliphatic carbocycles. The summed E-state index contributed by atoms with van der Waals surface area (Å²) in [5.74, 6) is 1.80. The first kappa shape index (κ1) is 19.3. The summed E-state index contributed by atoms with van der Waals surface area (Å²) >= 11 is 0. The molecule has 2 aromatic carbocycles. The van der Waals surface area contributed by atoms with Crippen LogP contribution in [0.1, 0.15) is 5.56 Å². The molecule has 0 aromatic heterocycles. The summed E-state index contributed by atoms with van der Waals surface area (Å²) in [7, 11) is 4.78. The number of ether oxygens (including phenoxy) is 4. The third kappa shape index (κ3) is 5.82. The van der Waals surface area contributed by atoms with Gasteiger partial charge < -0.3 is 24.3 Å². The predicted octanol–water partition coefficient (Wildman–Crippen LogP) is 3.38. The van der Waals surface area contributed by atoms with Gasteiger partial charge in [-0.15, -0.1) is 0 Å². The monoisotopic (exact) mass is 357 g/mol. The maximum Gasteiger partial charge on any atom is 0.248 e. The van der Waals surface area contributed by atoms with Crippen LogP contribution in [0.15, 0.2) is 48.5 Å². The minimum absolute atomic E-state index is 0.240. The zero-order valence-electron chi connectivity index (χ0n) is 15.2. The molecule has 0 saturated carbocycles. The van der Waals surface area contributed by atoms with Crippen molar-refractivity contribution in [1.29, 1.82) is 0 Å². The standard InChI is InChI=1S/C20H23NO5/c1-23-12-13-26-17-9-6-16(7-10-17)21-20(22)11-5-15-4-8-18(24-2)14-19(15)25-3/h4-11,14H,12-13H2,1-3H3,(H,21,22)/b11-5+. The molecule has 6 heteroatoms. The van der Waals surface area contributed by atoms with Crippen LogP contribution < -0.4 is 19.5 Å². The molecule has 0 fully saturated rings. The average Bonchev–Trinajstić information content (AvgIpc) is 2.67. The Morgan fingerprint density at radius 3 is 2.35 bits per heavy atom. The van der Waals surface area contributed by atoms with Crippen molar-refractivity contribution in [2.24, 2.45) is 0 Å². The van der Waals surface area contributed by atoms with Gasteiger partial charge in [0.25, 0.3) is 0 Å². The summed E-state index contributed by atoms with van der Waals surface area (Å²) in [5.41, 5.74) is 1.46. The van der Waals surface area contributed by atoms with Crippen LogP contribution >= 0.6 is 0 Å². The van der Waals surface area contributed by atoms with Crippen LogP contribution in [-0.2, 0) is 9.53 Å². The maximum absolute atomic E-state index is 12.1. The highest BCUT2D eigenvalue weighted by molar-refractivity contribution is 6.02. The van der Waals surface area contributed by atoms with Crippen molar-refractivity contribution in [3.63, 3.8) is 0 Å². The Morgan fingerprint density at radius 2 is 1.69 bits per heavy atom. The highest BCUT2D eigenvalue weighted by Gasteiger charge is 2.04. The van der Waals surface area contributed by atoms with Gasteiger partial charge in [-0.2, -0.15) is 0 Å². The Labute approximate surface area is 153 Å². The summed E-state index contributed by atoms with van der Waals surface area (Å²) in [6.07, 6.45) is 3.14. The predicted molar refractivity (Wildman–Crippen MR) is 101 cm³/mol. The zero-order valence-corrected chi connectivity index (χ0v) is 15.2. The lowest BCUT2D eigenvalue weighted by molar-refractivity contribution is -0.111. The second-order valence-corrected chi connectivity index (χ2v) is 5.30. The molecule has 0 atom stereocenters. The van der Waals surface area contributed by atoms with Gasteiger partial charge in [0, 0.05) is 30.5 Å². The van der Waals surface area contributed by atoms with Gasteiger partial charge in [0.1, 0.15) is 23.9 Å². The molecule has 0 aliphatic rings. The third-order valence-electron chi connectivity index (χ3n) is 3.53. The van der Waals surface area contributed by atoms with E-state index in [1.807, 2.05) is 12.1 Å². The molecule has 6 nitrogen and oxygen atoms in total. The smallest absolute Gasteiger partial charge is 0.248 e. The van der Waals surface area contributed by atoms with Crippen molar-refractivity contribution in [3.05, 3.63) is 54.1 Å². The van der Waals surface area contributed by atoms with E-state index in [9.17, 15) is 4.79 Å². The molecule has 0 aliphatic heterocycles. The quantitative estimate of drug-likeness (QED) is 0.550. The van der Waals surface area contributed by atoms with E-state index in [1.165, 1.54) is 6.08 Å². The number of hydrogen-bond acceptors (Lipinski definition) is 5. The van der Waals surface area contributed by atoms with E-state index in [4.69, 9.17) is 18.9 Å². The van der Waals surface area contributed by atoms with Crippen molar-refractivity contribution >= 4 is 17.7 Å². The van der Waals surface area contributed by atoms with Crippen LogP contribution in [0.3, 0.4) is 0 Å². The van der Waals surface area contributed by atoms with Crippen molar-refractivity contribution in [2.45, 2.75) is 0 Å². The van der Waals surface area contributed by atoms with Crippen LogP contribution in [0.2, 0.25) is 0 Å². The largest absolute Gasteiger partial charge is 0.497 e. The van der Waals surface area contributed by atoms with Crippen LogP contribution in [-0.4, -0.2) is 40.5 Å². The fraction of sp³-hybridized carbons (Fsp3) is 0.250. The molecule has 0 unspecified atom stereocenters. The van der Waals surface area contributed by atoms with E-state index < -0.39 is 0 Å². The topological polar surface area (TPSA) is 66.0 Å². The van der Waals surface area contributed by atoms with Crippen LogP contribution in [0.4, 0.5) is 5.69 Å². The first-order valence-corrected chi connectivity index (χ1v) is 8.09. The molecule has 0 saturated heterocycles. The normalized spacial score (nSPS) is 10.6. The van der Waals surface area contributed by atoms with Crippen molar-refractivity contribution < 1.29 is 23.7 Å². The molecule has 1 amide bonds. The molecule has 26 heavy (non-hydrogen) atoms. The number of hydrogen-bond donors (Lipinski definition) is 1. The summed E-state index contributed by atoms with van der Waals surface area (Å²) in [4.78, 5) is 12.1. The fourth-order valence-corrected chi connectivity index (χ4v) is 2.18. The molecule has 0 heterocycles. The summed E-state index contributed by atoms with van der Waals surface area (Å²) in [6, 6.07) is 12.5. The summed E-state index contributed by atoms with van der Waals surface area (Å²) in [5, 5.41) is 2.80. The van der Waals surface area contributed by atoms with Crippen molar-refractivity contribution in [3.8, 4) is 17.2 Å². The second kappa shape index (κ2) is 10.1. The van der Waals surface area contributed by atoms with Gasteiger partial charge in [0.15, 0.2) is 0 Å². The molecule has 1 N–H and O–H groups in total. The van der Waals surface area contributed by atoms with Crippen LogP contribution in [0, 0.1) is 0 Å². The minimum Gasteiger partial charge on any atom is -0.497 e. The Kier molecular flexibility index (Phi) is 7.51. The Balaban J connectivity index is 1.94.